The van der Waals surface area contributed by atoms with E-state index in [1.165, 1.54) is 18.2 Å². The number of halogens is 3. The molecule has 5 heteroatoms. The number of nitrogen functional groups attached to an aromatic ring is 1. The van der Waals surface area contributed by atoms with Crippen LogP contribution in [0.3, 0.4) is 0 Å². The number of hydrogen-bond donors (Lipinski definition) is 1. The summed E-state index contributed by atoms with van der Waals surface area (Å²) in [6, 6.07) is 19.5. The second kappa shape index (κ2) is 6.89. The van der Waals surface area contributed by atoms with E-state index in [0.717, 1.165) is 11.6 Å². The summed E-state index contributed by atoms with van der Waals surface area (Å²) in [6.45, 7) is 0.256. The minimum Gasteiger partial charge on any atom is -0.488 e. The number of anilines is 1. The average molecular weight is 343 g/mol. The molecule has 0 heterocycles. The first-order valence-electron chi connectivity index (χ1n) is 7.68. The smallest absolute Gasteiger partial charge is 0.417 e. The van der Waals surface area contributed by atoms with Gasteiger partial charge in [-0.2, -0.15) is 13.2 Å². The molecule has 0 aliphatic heterocycles. The van der Waals surface area contributed by atoms with Crippen molar-refractivity contribution >= 4 is 5.69 Å². The standard InChI is InChI=1S/C20H16F3NO/c21-20(22,23)18-9-5-4-8-16(18)17-12-15(24)10-11-19(17)25-13-14-6-2-1-3-7-14/h1-12H,13,24H2. The largest absolute Gasteiger partial charge is 0.488 e. The molecule has 0 aliphatic carbocycles. The van der Waals surface area contributed by atoms with Gasteiger partial charge in [-0.05, 0) is 35.4 Å². The molecule has 0 saturated heterocycles. The molecule has 2 nitrogen and oxygen atoms in total. The third-order valence-corrected chi connectivity index (χ3v) is 3.76. The molecule has 0 unspecified atom stereocenters. The summed E-state index contributed by atoms with van der Waals surface area (Å²) in [4.78, 5) is 0. The summed E-state index contributed by atoms with van der Waals surface area (Å²) >= 11 is 0. The van der Waals surface area contributed by atoms with Gasteiger partial charge in [0.25, 0.3) is 0 Å². The molecule has 0 amide bonds. The van der Waals surface area contributed by atoms with Crippen LogP contribution in [0.1, 0.15) is 11.1 Å². The summed E-state index contributed by atoms with van der Waals surface area (Å²) in [5.74, 6) is 0.356. The summed E-state index contributed by atoms with van der Waals surface area (Å²) in [5.41, 5.74) is 6.75. The van der Waals surface area contributed by atoms with Crippen LogP contribution in [0, 0.1) is 0 Å². The second-order valence-corrected chi connectivity index (χ2v) is 5.57. The van der Waals surface area contributed by atoms with Crippen LogP contribution in [0.5, 0.6) is 5.75 Å². The Hall–Kier alpha value is -2.95. The van der Waals surface area contributed by atoms with E-state index in [1.54, 1.807) is 18.2 Å². The maximum atomic E-state index is 13.3. The zero-order valence-electron chi connectivity index (χ0n) is 13.3. The highest BCUT2D eigenvalue weighted by molar-refractivity contribution is 5.76. The fraction of sp³-hybridized carbons (Fsp3) is 0.100. The molecular formula is C20H16F3NO. The average Bonchev–Trinajstić information content (AvgIpc) is 2.61. The molecule has 0 atom stereocenters. The Morgan fingerprint density at radius 2 is 1.48 bits per heavy atom. The molecule has 0 aliphatic rings. The lowest BCUT2D eigenvalue weighted by Crippen LogP contribution is -2.07. The Morgan fingerprint density at radius 3 is 2.20 bits per heavy atom. The number of nitrogens with two attached hydrogens (primary N) is 1. The molecular weight excluding hydrogens is 327 g/mol. The number of hydrogen-bond acceptors (Lipinski definition) is 2. The van der Waals surface area contributed by atoms with Crippen molar-refractivity contribution in [3.05, 3.63) is 83.9 Å². The van der Waals surface area contributed by atoms with Crippen LogP contribution in [0.2, 0.25) is 0 Å². The van der Waals surface area contributed by atoms with Crippen molar-refractivity contribution < 1.29 is 17.9 Å². The number of rotatable bonds is 4. The van der Waals surface area contributed by atoms with Gasteiger partial charge < -0.3 is 10.5 Å². The van der Waals surface area contributed by atoms with Gasteiger partial charge in [-0.15, -0.1) is 0 Å². The minimum atomic E-state index is -4.46. The van der Waals surface area contributed by atoms with Crippen molar-refractivity contribution in [3.63, 3.8) is 0 Å². The summed E-state index contributed by atoms with van der Waals surface area (Å²) < 4.78 is 45.8. The Bertz CT molecular complexity index is 860. The fourth-order valence-electron chi connectivity index (χ4n) is 2.58. The van der Waals surface area contributed by atoms with Crippen LogP contribution >= 0.6 is 0 Å². The first-order valence-corrected chi connectivity index (χ1v) is 7.68. The zero-order chi connectivity index (χ0) is 17.9. The predicted octanol–water partition coefficient (Wildman–Crippen LogP) is 5.53. The molecule has 128 valence electrons. The monoisotopic (exact) mass is 343 g/mol. The zero-order valence-corrected chi connectivity index (χ0v) is 13.3. The van der Waals surface area contributed by atoms with E-state index in [2.05, 4.69) is 0 Å². The molecule has 3 rings (SSSR count). The van der Waals surface area contributed by atoms with Gasteiger partial charge in [-0.3, -0.25) is 0 Å². The molecule has 3 aromatic rings. The van der Waals surface area contributed by atoms with Crippen LogP contribution in [-0.2, 0) is 12.8 Å². The second-order valence-electron chi connectivity index (χ2n) is 5.57. The van der Waals surface area contributed by atoms with Crippen LogP contribution < -0.4 is 10.5 Å². The van der Waals surface area contributed by atoms with Crippen molar-refractivity contribution in [1.29, 1.82) is 0 Å². The Balaban J connectivity index is 2.01. The minimum absolute atomic E-state index is 0.0466. The van der Waals surface area contributed by atoms with Gasteiger partial charge in [0.1, 0.15) is 12.4 Å². The van der Waals surface area contributed by atoms with Crippen molar-refractivity contribution in [3.8, 4) is 16.9 Å². The van der Waals surface area contributed by atoms with E-state index in [4.69, 9.17) is 10.5 Å². The van der Waals surface area contributed by atoms with Crippen LogP contribution in [0.4, 0.5) is 18.9 Å². The number of ether oxygens (including phenoxy) is 1. The third-order valence-electron chi connectivity index (χ3n) is 3.76. The normalized spacial score (nSPS) is 11.3. The molecule has 0 saturated carbocycles. The molecule has 2 N–H and O–H groups in total. The summed E-state index contributed by atoms with van der Waals surface area (Å²) in [5, 5.41) is 0. The molecule has 0 bridgehead atoms. The lowest BCUT2D eigenvalue weighted by molar-refractivity contribution is -0.137. The number of benzene rings is 3. The highest BCUT2D eigenvalue weighted by Crippen LogP contribution is 2.41. The van der Waals surface area contributed by atoms with Gasteiger partial charge in [0.05, 0.1) is 5.56 Å². The molecule has 0 fully saturated rings. The van der Waals surface area contributed by atoms with E-state index in [-0.39, 0.29) is 12.2 Å². The molecule has 3 aromatic carbocycles. The molecule has 0 aromatic heterocycles. The van der Waals surface area contributed by atoms with Crippen molar-refractivity contribution in [2.45, 2.75) is 12.8 Å². The van der Waals surface area contributed by atoms with Gasteiger partial charge in [0, 0.05) is 11.3 Å². The van der Waals surface area contributed by atoms with Gasteiger partial charge >= 0.3 is 6.18 Å². The van der Waals surface area contributed by atoms with Gasteiger partial charge in [-0.25, -0.2) is 0 Å². The van der Waals surface area contributed by atoms with Crippen molar-refractivity contribution in [2.75, 3.05) is 5.73 Å². The SMILES string of the molecule is Nc1ccc(OCc2ccccc2)c(-c2ccccc2C(F)(F)F)c1. The fourth-order valence-corrected chi connectivity index (χ4v) is 2.58. The van der Waals surface area contributed by atoms with Gasteiger partial charge in [-0.1, -0.05) is 48.5 Å². The van der Waals surface area contributed by atoms with Gasteiger partial charge in [0.15, 0.2) is 0 Å². The van der Waals surface area contributed by atoms with E-state index < -0.39 is 11.7 Å². The summed E-state index contributed by atoms with van der Waals surface area (Å²) in [7, 11) is 0. The van der Waals surface area contributed by atoms with Crippen molar-refractivity contribution in [2.24, 2.45) is 0 Å². The lowest BCUT2D eigenvalue weighted by Gasteiger charge is -2.17. The lowest BCUT2D eigenvalue weighted by atomic mass is 9.98. The van der Waals surface area contributed by atoms with E-state index in [0.29, 0.717) is 17.0 Å². The first-order chi connectivity index (χ1) is 11.9. The third kappa shape index (κ3) is 3.94. The van der Waals surface area contributed by atoms with Crippen molar-refractivity contribution in [1.82, 2.24) is 0 Å². The number of alkyl halides is 3. The van der Waals surface area contributed by atoms with Gasteiger partial charge in [0.2, 0.25) is 0 Å². The predicted molar refractivity (Wildman–Crippen MR) is 92.1 cm³/mol. The topological polar surface area (TPSA) is 35.2 Å². The summed E-state index contributed by atoms with van der Waals surface area (Å²) in [6.07, 6.45) is -4.46. The Kier molecular flexibility index (Phi) is 4.65. The van der Waals surface area contributed by atoms with Crippen LogP contribution in [0.15, 0.2) is 72.8 Å². The highest BCUT2D eigenvalue weighted by Gasteiger charge is 2.33. The molecule has 25 heavy (non-hydrogen) atoms. The highest BCUT2D eigenvalue weighted by atomic mass is 19.4. The maximum Gasteiger partial charge on any atom is 0.417 e. The maximum absolute atomic E-state index is 13.3. The quantitative estimate of drug-likeness (QED) is 0.632. The Labute approximate surface area is 143 Å². The van der Waals surface area contributed by atoms with E-state index >= 15 is 0 Å². The van der Waals surface area contributed by atoms with E-state index in [9.17, 15) is 13.2 Å². The molecule has 0 spiro atoms. The van der Waals surface area contributed by atoms with Crippen LogP contribution in [0.25, 0.3) is 11.1 Å². The molecule has 0 radical (unpaired) electrons. The van der Waals surface area contributed by atoms with E-state index in [1.807, 2.05) is 30.3 Å². The Morgan fingerprint density at radius 1 is 0.800 bits per heavy atom. The first kappa shape index (κ1) is 16.9. The van der Waals surface area contributed by atoms with Crippen LogP contribution in [-0.4, -0.2) is 0 Å².